The fraction of sp³-hybridized carbons (Fsp3) is 1.00. The summed E-state index contributed by atoms with van der Waals surface area (Å²) in [6, 6.07) is 0. The van der Waals surface area contributed by atoms with E-state index >= 15 is 0 Å². The minimum absolute atomic E-state index is 0.128. The number of halogens is 6. The monoisotopic (exact) mass is 267 g/mol. The van der Waals surface area contributed by atoms with Crippen molar-refractivity contribution in [2.24, 2.45) is 0 Å². The molecule has 0 saturated carbocycles. The van der Waals surface area contributed by atoms with Gasteiger partial charge in [-0.3, -0.25) is 0 Å². The summed E-state index contributed by atoms with van der Waals surface area (Å²) in [5.41, 5.74) is 0. The number of hydrogen-bond donors (Lipinski definition) is 1. The van der Waals surface area contributed by atoms with Crippen LogP contribution in [0, 0.1) is 0 Å². The van der Waals surface area contributed by atoms with Gasteiger partial charge in [-0.1, -0.05) is 0 Å². The highest BCUT2D eigenvalue weighted by Gasteiger charge is 2.58. The fourth-order valence-corrected chi connectivity index (χ4v) is 1.21. The van der Waals surface area contributed by atoms with Gasteiger partial charge in [-0.05, 0) is 33.4 Å². The van der Waals surface area contributed by atoms with E-state index in [1.54, 1.807) is 7.05 Å². The van der Waals surface area contributed by atoms with Crippen LogP contribution in [0.2, 0.25) is 0 Å². The lowest BCUT2D eigenvalue weighted by atomic mass is 10.2. The van der Waals surface area contributed by atoms with Gasteiger partial charge in [-0.2, -0.15) is 26.3 Å². The number of hydrogen-bond acceptors (Lipinski definition) is 2. The van der Waals surface area contributed by atoms with Crippen LogP contribution in [0.5, 0.6) is 0 Å². The van der Waals surface area contributed by atoms with Crippen molar-refractivity contribution < 1.29 is 31.1 Å². The molecule has 1 N–H and O–H groups in total. The summed E-state index contributed by atoms with van der Waals surface area (Å²) in [7, 11) is 1.64. The molecule has 0 saturated heterocycles. The highest BCUT2D eigenvalue weighted by Crippen LogP contribution is 2.36. The maximum absolute atomic E-state index is 12.1. The van der Waals surface area contributed by atoms with Gasteiger partial charge < -0.3 is 10.1 Å². The second-order valence-electron chi connectivity index (χ2n) is 3.66. The van der Waals surface area contributed by atoms with Gasteiger partial charge >= 0.3 is 12.4 Å². The smallest absolute Gasteiger partial charge is 0.358 e. The first kappa shape index (κ1) is 16.5. The maximum Gasteiger partial charge on any atom is 0.423 e. The molecule has 0 bridgehead atoms. The van der Waals surface area contributed by atoms with Crippen LogP contribution in [0.3, 0.4) is 0 Å². The van der Waals surface area contributed by atoms with Crippen LogP contribution in [0.4, 0.5) is 26.3 Å². The van der Waals surface area contributed by atoms with E-state index in [2.05, 4.69) is 10.1 Å². The van der Waals surface area contributed by atoms with E-state index in [-0.39, 0.29) is 6.42 Å². The second-order valence-corrected chi connectivity index (χ2v) is 3.66. The summed E-state index contributed by atoms with van der Waals surface area (Å²) in [5, 5.41) is 2.74. The van der Waals surface area contributed by atoms with Crippen LogP contribution in [-0.4, -0.2) is 38.2 Å². The van der Waals surface area contributed by atoms with Crippen molar-refractivity contribution in [3.05, 3.63) is 0 Å². The molecule has 0 fully saturated rings. The summed E-state index contributed by atoms with van der Waals surface area (Å²) in [5.74, 6) is 0. The predicted octanol–water partition coefficient (Wildman–Crippen LogP) is 2.88. The average molecular weight is 267 g/mol. The molecule has 0 rings (SSSR count). The molecule has 0 aromatic heterocycles. The number of nitrogens with one attached hydrogen (secondary N) is 1. The minimum atomic E-state index is -5.44. The lowest BCUT2D eigenvalue weighted by Gasteiger charge is -2.26. The molecule has 1 atom stereocenters. The van der Waals surface area contributed by atoms with E-state index in [4.69, 9.17) is 0 Å². The molecule has 0 radical (unpaired) electrons. The molecule has 17 heavy (non-hydrogen) atoms. The lowest BCUT2D eigenvalue weighted by Crippen LogP contribution is -2.46. The number of alkyl halides is 6. The van der Waals surface area contributed by atoms with Crippen LogP contribution in [0.1, 0.15) is 19.8 Å². The van der Waals surface area contributed by atoms with E-state index in [0.29, 0.717) is 13.0 Å². The van der Waals surface area contributed by atoms with Gasteiger partial charge in [0.15, 0.2) is 0 Å². The second kappa shape index (κ2) is 6.44. The van der Waals surface area contributed by atoms with Crippen LogP contribution in [0.15, 0.2) is 0 Å². The van der Waals surface area contributed by atoms with Crippen LogP contribution >= 0.6 is 0 Å². The number of ether oxygens (including phenoxy) is 1. The van der Waals surface area contributed by atoms with Gasteiger partial charge in [0, 0.05) is 0 Å². The maximum atomic E-state index is 12.1. The molecule has 0 aromatic rings. The molecule has 0 heterocycles. The number of rotatable bonds is 6. The summed E-state index contributed by atoms with van der Waals surface area (Å²) < 4.78 is 76.7. The molecule has 8 heteroatoms. The van der Waals surface area contributed by atoms with E-state index in [1.807, 2.05) is 0 Å². The first-order chi connectivity index (χ1) is 7.59. The normalized spacial score (nSPS) is 15.4. The van der Waals surface area contributed by atoms with E-state index in [1.165, 1.54) is 6.92 Å². The van der Waals surface area contributed by atoms with Gasteiger partial charge in [0.05, 0.1) is 6.10 Å². The third kappa shape index (κ3) is 6.72. The quantitative estimate of drug-likeness (QED) is 0.590. The van der Waals surface area contributed by atoms with E-state index in [9.17, 15) is 26.3 Å². The Bertz CT molecular complexity index is 201. The van der Waals surface area contributed by atoms with Crippen molar-refractivity contribution in [2.45, 2.75) is 44.3 Å². The molecule has 104 valence electrons. The molecular weight excluding hydrogens is 252 g/mol. The van der Waals surface area contributed by atoms with Crippen molar-refractivity contribution in [1.82, 2.24) is 5.32 Å². The molecular formula is C9H15F6NO. The largest absolute Gasteiger partial charge is 0.423 e. The zero-order valence-electron chi connectivity index (χ0n) is 9.45. The third-order valence-corrected chi connectivity index (χ3v) is 2.00. The first-order valence-corrected chi connectivity index (χ1v) is 5.02. The molecule has 1 unspecified atom stereocenters. The highest BCUT2D eigenvalue weighted by molar-refractivity contribution is 4.77. The SMILES string of the molecule is CNCCCC(C)OC(C(F)(F)F)C(F)(F)F. The Labute approximate surface area is 95.3 Å². The average Bonchev–Trinajstić information content (AvgIpc) is 2.11. The first-order valence-electron chi connectivity index (χ1n) is 5.02. The molecule has 0 amide bonds. The van der Waals surface area contributed by atoms with Crippen molar-refractivity contribution in [2.75, 3.05) is 13.6 Å². The summed E-state index contributed by atoms with van der Waals surface area (Å²) in [6.07, 6.45) is -15.1. The Morgan fingerprint density at radius 2 is 1.53 bits per heavy atom. The molecule has 0 aliphatic rings. The Balaban J connectivity index is 4.36. The van der Waals surface area contributed by atoms with Crippen LogP contribution in [0.25, 0.3) is 0 Å². The van der Waals surface area contributed by atoms with Crippen LogP contribution < -0.4 is 5.32 Å². The van der Waals surface area contributed by atoms with Crippen molar-refractivity contribution in [1.29, 1.82) is 0 Å². The molecule has 0 aliphatic carbocycles. The molecule has 0 aliphatic heterocycles. The van der Waals surface area contributed by atoms with E-state index < -0.39 is 24.6 Å². The zero-order chi connectivity index (χ0) is 13.7. The van der Waals surface area contributed by atoms with Crippen molar-refractivity contribution in [3.63, 3.8) is 0 Å². The van der Waals surface area contributed by atoms with Crippen molar-refractivity contribution in [3.8, 4) is 0 Å². The topological polar surface area (TPSA) is 21.3 Å². The molecule has 0 spiro atoms. The predicted molar refractivity (Wildman–Crippen MR) is 49.6 cm³/mol. The Morgan fingerprint density at radius 1 is 1.06 bits per heavy atom. The Kier molecular flexibility index (Phi) is 6.25. The Hall–Kier alpha value is -0.500. The lowest BCUT2D eigenvalue weighted by molar-refractivity contribution is -0.330. The summed E-state index contributed by atoms with van der Waals surface area (Å²) in [4.78, 5) is 0. The fourth-order valence-electron chi connectivity index (χ4n) is 1.21. The molecule has 2 nitrogen and oxygen atoms in total. The van der Waals surface area contributed by atoms with Gasteiger partial charge in [-0.25, -0.2) is 0 Å². The van der Waals surface area contributed by atoms with Gasteiger partial charge in [0.2, 0.25) is 6.10 Å². The third-order valence-electron chi connectivity index (χ3n) is 2.00. The van der Waals surface area contributed by atoms with E-state index in [0.717, 1.165) is 0 Å². The standard InChI is InChI=1S/C9H15F6NO/c1-6(4-3-5-16-2)17-7(8(10,11)12)9(13,14)15/h6-7,16H,3-5H2,1-2H3. The van der Waals surface area contributed by atoms with Crippen molar-refractivity contribution >= 4 is 0 Å². The summed E-state index contributed by atoms with van der Waals surface area (Å²) in [6.45, 7) is 1.70. The Morgan fingerprint density at radius 3 is 1.88 bits per heavy atom. The molecule has 0 aromatic carbocycles. The minimum Gasteiger partial charge on any atom is -0.358 e. The zero-order valence-corrected chi connectivity index (χ0v) is 9.45. The highest BCUT2D eigenvalue weighted by atomic mass is 19.4. The van der Waals surface area contributed by atoms with Gasteiger partial charge in [0.25, 0.3) is 0 Å². The van der Waals surface area contributed by atoms with Gasteiger partial charge in [0.1, 0.15) is 0 Å². The van der Waals surface area contributed by atoms with Gasteiger partial charge in [-0.15, -0.1) is 0 Å². The summed E-state index contributed by atoms with van der Waals surface area (Å²) >= 11 is 0. The van der Waals surface area contributed by atoms with Crippen LogP contribution in [-0.2, 0) is 4.74 Å².